The molecule has 5 heteroatoms. The molecule has 0 rings (SSSR count). The summed E-state index contributed by atoms with van der Waals surface area (Å²) in [5.41, 5.74) is -1.16. The van der Waals surface area contributed by atoms with E-state index in [-0.39, 0.29) is 12.1 Å². The fraction of sp³-hybridized carbons (Fsp3) is 0.867. The number of carbonyl (C=O) groups excluding carboxylic acids is 1. The van der Waals surface area contributed by atoms with Crippen LogP contribution in [0.5, 0.6) is 0 Å². The lowest BCUT2D eigenvalue weighted by atomic mass is 9.93. The third-order valence-corrected chi connectivity index (χ3v) is 3.84. The maximum Gasteiger partial charge on any atom is 0.329 e. The normalized spacial score (nSPS) is 12.8. The minimum absolute atomic E-state index is 0.0621. The summed E-state index contributed by atoms with van der Waals surface area (Å²) in [5, 5.41) is 14.7. The number of amides is 2. The van der Waals surface area contributed by atoms with Crippen LogP contribution < -0.4 is 10.6 Å². The van der Waals surface area contributed by atoms with Gasteiger partial charge in [-0.05, 0) is 26.2 Å². The van der Waals surface area contributed by atoms with E-state index in [1.54, 1.807) is 13.8 Å². The molecule has 0 aromatic heterocycles. The maximum atomic E-state index is 11.9. The summed E-state index contributed by atoms with van der Waals surface area (Å²) in [6, 6.07) is -0.328. The molecule has 2 amide bonds. The maximum absolute atomic E-state index is 11.9. The Hall–Kier alpha value is -1.26. The lowest BCUT2D eigenvalue weighted by Crippen LogP contribution is -2.57. The number of unbranched alkanes of at least 4 members (excludes halogenated alkanes) is 3. The first-order valence-corrected chi connectivity index (χ1v) is 7.73. The van der Waals surface area contributed by atoms with Crippen LogP contribution in [0.4, 0.5) is 4.79 Å². The van der Waals surface area contributed by atoms with Crippen LogP contribution in [0.15, 0.2) is 0 Å². The van der Waals surface area contributed by atoms with E-state index in [1.807, 2.05) is 6.92 Å². The van der Waals surface area contributed by atoms with Crippen molar-refractivity contribution in [2.45, 2.75) is 84.2 Å². The van der Waals surface area contributed by atoms with E-state index >= 15 is 0 Å². The number of nitrogens with one attached hydrogen (secondary N) is 2. The average Bonchev–Trinajstić information content (AvgIpc) is 2.40. The molecule has 0 spiro atoms. The predicted molar refractivity (Wildman–Crippen MR) is 80.8 cm³/mol. The van der Waals surface area contributed by atoms with Crippen molar-refractivity contribution in [1.29, 1.82) is 0 Å². The fourth-order valence-corrected chi connectivity index (χ4v) is 2.21. The molecule has 118 valence electrons. The van der Waals surface area contributed by atoms with Gasteiger partial charge < -0.3 is 15.7 Å². The van der Waals surface area contributed by atoms with Crippen molar-refractivity contribution in [3.63, 3.8) is 0 Å². The van der Waals surface area contributed by atoms with Gasteiger partial charge in [-0.25, -0.2) is 9.59 Å². The monoisotopic (exact) mass is 286 g/mol. The molecule has 1 unspecified atom stereocenters. The Morgan fingerprint density at radius 2 is 1.70 bits per heavy atom. The Morgan fingerprint density at radius 1 is 1.10 bits per heavy atom. The van der Waals surface area contributed by atoms with Crippen molar-refractivity contribution in [2.24, 2.45) is 0 Å². The van der Waals surface area contributed by atoms with Crippen molar-refractivity contribution in [2.75, 3.05) is 0 Å². The number of hydrogen-bond acceptors (Lipinski definition) is 2. The standard InChI is InChI=1S/C15H30N2O3/c1-5-8-9-10-11-12(4)16-14(20)17-15(6-2,7-3)13(18)19/h12H,5-11H2,1-4H3,(H,18,19)(H2,16,17,20). The molecule has 0 bridgehead atoms. The first-order chi connectivity index (χ1) is 9.41. The van der Waals surface area contributed by atoms with Crippen molar-refractivity contribution in [3.8, 4) is 0 Å². The second kappa shape index (κ2) is 9.61. The predicted octanol–water partition coefficient (Wildman–Crippen LogP) is 3.29. The van der Waals surface area contributed by atoms with Gasteiger partial charge in [-0.15, -0.1) is 0 Å². The van der Waals surface area contributed by atoms with E-state index in [0.29, 0.717) is 12.8 Å². The third kappa shape index (κ3) is 6.26. The number of carboxylic acid groups (broad SMARTS) is 1. The summed E-state index contributed by atoms with van der Waals surface area (Å²) in [5.74, 6) is -0.978. The van der Waals surface area contributed by atoms with E-state index in [1.165, 1.54) is 19.3 Å². The molecule has 0 aromatic carbocycles. The summed E-state index contributed by atoms with van der Waals surface area (Å²) >= 11 is 0. The van der Waals surface area contributed by atoms with Crippen molar-refractivity contribution in [3.05, 3.63) is 0 Å². The number of urea groups is 1. The first-order valence-electron chi connectivity index (χ1n) is 7.73. The molecule has 3 N–H and O–H groups in total. The minimum atomic E-state index is -1.16. The smallest absolute Gasteiger partial charge is 0.329 e. The van der Waals surface area contributed by atoms with E-state index in [4.69, 9.17) is 0 Å². The Labute approximate surface area is 122 Å². The van der Waals surface area contributed by atoms with Gasteiger partial charge in [0.2, 0.25) is 0 Å². The Balaban J connectivity index is 4.22. The molecule has 0 fully saturated rings. The quantitative estimate of drug-likeness (QED) is 0.539. The lowest BCUT2D eigenvalue weighted by molar-refractivity contribution is -0.144. The highest BCUT2D eigenvalue weighted by molar-refractivity contribution is 5.86. The van der Waals surface area contributed by atoms with Crippen molar-refractivity contribution < 1.29 is 14.7 Å². The van der Waals surface area contributed by atoms with Crippen LogP contribution in [0, 0.1) is 0 Å². The summed E-state index contributed by atoms with van der Waals surface area (Å²) in [6.07, 6.45) is 6.33. The van der Waals surface area contributed by atoms with Gasteiger partial charge in [0.25, 0.3) is 0 Å². The van der Waals surface area contributed by atoms with E-state index in [9.17, 15) is 14.7 Å². The molecule has 0 saturated carbocycles. The fourth-order valence-electron chi connectivity index (χ4n) is 2.21. The van der Waals surface area contributed by atoms with E-state index in [2.05, 4.69) is 17.6 Å². The zero-order valence-corrected chi connectivity index (χ0v) is 13.3. The summed E-state index contributed by atoms with van der Waals surface area (Å²) in [7, 11) is 0. The van der Waals surface area contributed by atoms with Gasteiger partial charge >= 0.3 is 12.0 Å². The van der Waals surface area contributed by atoms with Gasteiger partial charge in [-0.1, -0.05) is 46.5 Å². The van der Waals surface area contributed by atoms with E-state index in [0.717, 1.165) is 12.8 Å². The third-order valence-electron chi connectivity index (χ3n) is 3.84. The molecule has 5 nitrogen and oxygen atoms in total. The Bertz CT molecular complexity index is 301. The minimum Gasteiger partial charge on any atom is -0.480 e. The van der Waals surface area contributed by atoms with Crippen LogP contribution in [-0.4, -0.2) is 28.7 Å². The van der Waals surface area contributed by atoms with Gasteiger partial charge in [-0.2, -0.15) is 0 Å². The highest BCUT2D eigenvalue weighted by Gasteiger charge is 2.36. The van der Waals surface area contributed by atoms with Gasteiger partial charge in [0.05, 0.1) is 0 Å². The number of carboxylic acids is 1. The highest BCUT2D eigenvalue weighted by Crippen LogP contribution is 2.15. The van der Waals surface area contributed by atoms with Crippen LogP contribution in [0.1, 0.15) is 72.6 Å². The van der Waals surface area contributed by atoms with Crippen LogP contribution in [0.3, 0.4) is 0 Å². The number of carbonyl (C=O) groups is 2. The number of hydrogen-bond donors (Lipinski definition) is 3. The molecular weight excluding hydrogens is 256 g/mol. The zero-order valence-electron chi connectivity index (χ0n) is 13.3. The van der Waals surface area contributed by atoms with Crippen LogP contribution in [0.2, 0.25) is 0 Å². The number of aliphatic carboxylic acids is 1. The second-order valence-corrected chi connectivity index (χ2v) is 5.44. The molecule has 0 heterocycles. The van der Waals surface area contributed by atoms with Crippen LogP contribution >= 0.6 is 0 Å². The van der Waals surface area contributed by atoms with Crippen molar-refractivity contribution in [1.82, 2.24) is 10.6 Å². The molecule has 0 saturated heterocycles. The molecular formula is C15H30N2O3. The number of rotatable bonds is 10. The Kier molecular flexibility index (Phi) is 9.01. The highest BCUT2D eigenvalue weighted by atomic mass is 16.4. The summed E-state index contributed by atoms with van der Waals surface area (Å²) in [4.78, 5) is 23.2. The molecule has 0 aliphatic carbocycles. The molecule has 0 aromatic rings. The van der Waals surface area contributed by atoms with Crippen molar-refractivity contribution >= 4 is 12.0 Å². The Morgan fingerprint density at radius 3 is 2.15 bits per heavy atom. The largest absolute Gasteiger partial charge is 0.480 e. The summed E-state index contributed by atoms with van der Waals surface area (Å²) in [6.45, 7) is 7.65. The average molecular weight is 286 g/mol. The zero-order chi connectivity index (χ0) is 15.6. The molecule has 20 heavy (non-hydrogen) atoms. The van der Waals surface area contributed by atoms with E-state index < -0.39 is 11.5 Å². The van der Waals surface area contributed by atoms with Gasteiger partial charge in [0.15, 0.2) is 0 Å². The van der Waals surface area contributed by atoms with Gasteiger partial charge in [0.1, 0.15) is 5.54 Å². The molecule has 0 radical (unpaired) electrons. The first kappa shape index (κ1) is 18.7. The summed E-state index contributed by atoms with van der Waals surface area (Å²) < 4.78 is 0. The van der Waals surface area contributed by atoms with Crippen LogP contribution in [0.25, 0.3) is 0 Å². The second-order valence-electron chi connectivity index (χ2n) is 5.44. The molecule has 1 atom stereocenters. The molecule has 0 aliphatic heterocycles. The SMILES string of the molecule is CCCCCCC(C)NC(=O)NC(CC)(CC)C(=O)O. The van der Waals surface area contributed by atoms with Gasteiger partial charge in [-0.3, -0.25) is 0 Å². The molecule has 0 aliphatic rings. The topological polar surface area (TPSA) is 78.4 Å². The lowest BCUT2D eigenvalue weighted by Gasteiger charge is -2.29. The van der Waals surface area contributed by atoms with Crippen LogP contribution in [-0.2, 0) is 4.79 Å². The van der Waals surface area contributed by atoms with Gasteiger partial charge in [0, 0.05) is 6.04 Å².